The van der Waals surface area contributed by atoms with Crippen molar-refractivity contribution in [1.29, 1.82) is 0 Å². The van der Waals surface area contributed by atoms with Gasteiger partial charge in [0.1, 0.15) is 11.3 Å². The van der Waals surface area contributed by atoms with E-state index in [0.29, 0.717) is 38.6 Å². The van der Waals surface area contributed by atoms with Gasteiger partial charge in [-0.05, 0) is 60.7 Å². The highest BCUT2D eigenvalue weighted by Crippen LogP contribution is 2.35. The smallest absolute Gasteiger partial charge is 0.329 e. The molecule has 0 spiro atoms. The second-order valence-corrected chi connectivity index (χ2v) is 10.2. The molecule has 0 atom stereocenters. The maximum atomic E-state index is 13.4. The summed E-state index contributed by atoms with van der Waals surface area (Å²) in [5.74, 6) is 0.412. The lowest BCUT2D eigenvalue weighted by Crippen LogP contribution is -2.49. The van der Waals surface area contributed by atoms with E-state index in [4.69, 9.17) is 9.52 Å². The van der Waals surface area contributed by atoms with Gasteiger partial charge in [0, 0.05) is 42.9 Å². The van der Waals surface area contributed by atoms with E-state index in [1.165, 1.54) is 37.7 Å². The average Bonchev–Trinajstić information content (AvgIpc) is 3.43. The molecule has 2 aromatic carbocycles. The molecule has 1 N–H and O–H groups in total. The highest BCUT2D eigenvalue weighted by molar-refractivity contribution is 6.06. The lowest BCUT2D eigenvalue weighted by molar-refractivity contribution is -0.147. The Kier molecular flexibility index (Phi) is 5.72. The summed E-state index contributed by atoms with van der Waals surface area (Å²) >= 11 is 0. The summed E-state index contributed by atoms with van der Waals surface area (Å²) in [6.07, 6.45) is 6.42. The van der Waals surface area contributed by atoms with E-state index in [1.807, 2.05) is 40.1 Å². The minimum Gasteiger partial charge on any atom is -0.481 e. The second-order valence-electron chi connectivity index (χ2n) is 10.2. The number of furan rings is 1. The molecule has 1 saturated carbocycles. The Morgan fingerprint density at radius 1 is 0.943 bits per heavy atom. The van der Waals surface area contributed by atoms with Crippen molar-refractivity contribution in [3.05, 3.63) is 59.9 Å². The summed E-state index contributed by atoms with van der Waals surface area (Å²) in [6, 6.07) is 16.4. The van der Waals surface area contributed by atoms with Gasteiger partial charge in [-0.15, -0.1) is 0 Å². The SMILES string of the molecule is O=C(O)C1CN(Cc2cc3cc(N4CCN(c5cccc(C6CCCCC6)c5)C4=O)ccc3o2)C1. The second kappa shape index (κ2) is 9.04. The molecule has 0 radical (unpaired) electrons. The number of carboxylic acids is 1. The van der Waals surface area contributed by atoms with Crippen LogP contribution < -0.4 is 9.80 Å². The molecule has 2 amide bonds. The topological polar surface area (TPSA) is 77.2 Å². The maximum Gasteiger partial charge on any atom is 0.329 e. The fraction of sp³-hybridized carbons (Fsp3) is 0.429. The van der Waals surface area contributed by atoms with Crippen LogP contribution >= 0.6 is 0 Å². The van der Waals surface area contributed by atoms with E-state index in [1.54, 1.807) is 0 Å². The monoisotopic (exact) mass is 473 g/mol. The number of aliphatic carboxylic acids is 1. The Hall–Kier alpha value is -3.32. The van der Waals surface area contributed by atoms with Crippen LogP contribution in [0.25, 0.3) is 11.0 Å². The van der Waals surface area contributed by atoms with Crippen molar-refractivity contribution in [3.63, 3.8) is 0 Å². The van der Waals surface area contributed by atoms with Crippen LogP contribution in [0.1, 0.15) is 49.3 Å². The van der Waals surface area contributed by atoms with Crippen molar-refractivity contribution >= 4 is 34.3 Å². The number of fused-ring (bicyclic) bond motifs is 1. The van der Waals surface area contributed by atoms with Crippen LogP contribution in [0, 0.1) is 5.92 Å². The fourth-order valence-electron chi connectivity index (χ4n) is 5.81. The first-order valence-electron chi connectivity index (χ1n) is 12.7. The van der Waals surface area contributed by atoms with Crippen LogP contribution in [0.5, 0.6) is 0 Å². The van der Waals surface area contributed by atoms with E-state index in [0.717, 1.165) is 28.1 Å². The number of benzene rings is 2. The number of carboxylic acid groups (broad SMARTS) is 1. The van der Waals surface area contributed by atoms with E-state index >= 15 is 0 Å². The first kappa shape index (κ1) is 22.2. The van der Waals surface area contributed by atoms with E-state index < -0.39 is 5.97 Å². The molecule has 3 aromatic rings. The summed E-state index contributed by atoms with van der Waals surface area (Å²) in [7, 11) is 0. The molecule has 1 aromatic heterocycles. The van der Waals surface area contributed by atoms with Gasteiger partial charge < -0.3 is 9.52 Å². The average molecular weight is 474 g/mol. The Labute approximate surface area is 204 Å². The molecule has 6 rings (SSSR count). The number of carbonyl (C=O) groups is 2. The number of urea groups is 1. The summed E-state index contributed by atoms with van der Waals surface area (Å²) in [4.78, 5) is 30.2. The molecular weight excluding hydrogens is 442 g/mol. The van der Waals surface area contributed by atoms with Crippen molar-refractivity contribution in [1.82, 2.24) is 4.90 Å². The molecule has 7 heteroatoms. The highest BCUT2D eigenvalue weighted by Gasteiger charge is 2.33. The largest absolute Gasteiger partial charge is 0.481 e. The van der Waals surface area contributed by atoms with Crippen molar-refractivity contribution < 1.29 is 19.1 Å². The predicted molar refractivity (Wildman–Crippen MR) is 135 cm³/mol. The van der Waals surface area contributed by atoms with Gasteiger partial charge in [-0.1, -0.05) is 31.4 Å². The molecule has 182 valence electrons. The van der Waals surface area contributed by atoms with Gasteiger partial charge in [-0.3, -0.25) is 19.5 Å². The number of nitrogens with zero attached hydrogens (tertiary/aromatic N) is 3. The number of hydrogen-bond donors (Lipinski definition) is 1. The van der Waals surface area contributed by atoms with Crippen LogP contribution in [0.2, 0.25) is 0 Å². The summed E-state index contributed by atoms with van der Waals surface area (Å²) in [5, 5.41) is 10.0. The molecule has 35 heavy (non-hydrogen) atoms. The molecule has 3 heterocycles. The lowest BCUT2D eigenvalue weighted by Gasteiger charge is -2.35. The maximum absolute atomic E-state index is 13.4. The van der Waals surface area contributed by atoms with Gasteiger partial charge in [0.05, 0.1) is 12.5 Å². The zero-order valence-corrected chi connectivity index (χ0v) is 19.9. The third kappa shape index (κ3) is 4.29. The number of likely N-dealkylation sites (tertiary alicyclic amines) is 1. The van der Waals surface area contributed by atoms with Gasteiger partial charge in [0.15, 0.2) is 0 Å². The minimum atomic E-state index is -0.736. The molecule has 3 aliphatic rings. The summed E-state index contributed by atoms with van der Waals surface area (Å²) in [6.45, 7) is 3.02. The molecule has 2 aliphatic heterocycles. The third-order valence-corrected chi connectivity index (χ3v) is 7.82. The number of anilines is 2. The van der Waals surface area contributed by atoms with Crippen molar-refractivity contribution in [2.45, 2.75) is 44.6 Å². The quantitative estimate of drug-likeness (QED) is 0.516. The van der Waals surface area contributed by atoms with Crippen LogP contribution in [-0.4, -0.2) is 48.2 Å². The number of hydrogen-bond acceptors (Lipinski definition) is 4. The van der Waals surface area contributed by atoms with Crippen LogP contribution in [0.3, 0.4) is 0 Å². The molecule has 1 aliphatic carbocycles. The van der Waals surface area contributed by atoms with Crippen molar-refractivity contribution in [2.24, 2.45) is 5.92 Å². The Bertz CT molecular complexity index is 1260. The van der Waals surface area contributed by atoms with Gasteiger partial charge >= 0.3 is 12.0 Å². The van der Waals surface area contributed by atoms with Crippen molar-refractivity contribution in [2.75, 3.05) is 36.0 Å². The molecule has 7 nitrogen and oxygen atoms in total. The lowest BCUT2D eigenvalue weighted by atomic mass is 9.84. The molecule has 3 fully saturated rings. The van der Waals surface area contributed by atoms with Crippen molar-refractivity contribution in [3.8, 4) is 0 Å². The van der Waals surface area contributed by atoms with Gasteiger partial charge in [-0.2, -0.15) is 0 Å². The third-order valence-electron chi connectivity index (χ3n) is 7.82. The molecule has 0 bridgehead atoms. The first-order chi connectivity index (χ1) is 17.0. The molecule has 2 saturated heterocycles. The molecular formula is C28H31N3O4. The Morgan fingerprint density at radius 3 is 2.43 bits per heavy atom. The summed E-state index contributed by atoms with van der Waals surface area (Å²) < 4.78 is 5.97. The number of amides is 2. The summed E-state index contributed by atoms with van der Waals surface area (Å²) in [5.41, 5.74) is 4.00. The number of carbonyl (C=O) groups excluding carboxylic acids is 1. The number of rotatable bonds is 6. The van der Waals surface area contributed by atoms with Gasteiger partial charge in [0.25, 0.3) is 0 Å². The van der Waals surface area contributed by atoms with Gasteiger partial charge in [-0.25, -0.2) is 4.79 Å². The van der Waals surface area contributed by atoms with E-state index in [9.17, 15) is 9.59 Å². The van der Waals surface area contributed by atoms with Gasteiger partial charge in [0.2, 0.25) is 0 Å². The normalized spacial score (nSPS) is 20.1. The fourth-order valence-corrected chi connectivity index (χ4v) is 5.81. The first-order valence-corrected chi connectivity index (χ1v) is 12.7. The molecule has 0 unspecified atom stereocenters. The Morgan fingerprint density at radius 2 is 1.69 bits per heavy atom. The van der Waals surface area contributed by atoms with Crippen LogP contribution in [0.15, 0.2) is 52.9 Å². The van der Waals surface area contributed by atoms with Crippen LogP contribution in [0.4, 0.5) is 16.2 Å². The predicted octanol–water partition coefficient (Wildman–Crippen LogP) is 5.44. The van der Waals surface area contributed by atoms with E-state index in [-0.39, 0.29) is 11.9 Å². The zero-order valence-electron chi connectivity index (χ0n) is 19.9. The highest BCUT2D eigenvalue weighted by atomic mass is 16.4. The zero-order chi connectivity index (χ0) is 23.9. The minimum absolute atomic E-state index is 0.00848. The van der Waals surface area contributed by atoms with Crippen LogP contribution in [-0.2, 0) is 11.3 Å². The van der Waals surface area contributed by atoms with E-state index in [2.05, 4.69) is 23.1 Å². The Balaban J connectivity index is 1.16. The standard InChI is InChI=1S/C28H31N3O4/c32-27(33)22-16-29(17-22)18-25-15-21-14-24(9-10-26(21)35-25)31-12-11-30(28(31)34)23-8-4-7-20(13-23)19-5-2-1-3-6-19/h4,7-10,13-15,19,22H,1-3,5-6,11-12,16-18H2,(H,32,33).